The lowest BCUT2D eigenvalue weighted by Crippen LogP contribution is -2.27. The molecule has 2 N–H and O–H groups in total. The Kier molecular flexibility index (Phi) is 6.08. The lowest BCUT2D eigenvalue weighted by molar-refractivity contribution is 0.0949. The number of rotatable bonds is 6. The summed E-state index contributed by atoms with van der Waals surface area (Å²) in [5.74, 6) is 0.0420. The molecular formula is C20H26N2O3S. The lowest BCUT2D eigenvalue weighted by atomic mass is 10.1. The third-order valence-corrected chi connectivity index (χ3v) is 5.41. The lowest BCUT2D eigenvalue weighted by Gasteiger charge is -2.13. The Labute approximate surface area is 155 Å². The second-order valence-corrected chi connectivity index (χ2v) is 8.72. The number of benzene rings is 2. The fourth-order valence-electron chi connectivity index (χ4n) is 2.67. The van der Waals surface area contributed by atoms with Crippen molar-refractivity contribution in [2.75, 3.05) is 11.3 Å². The van der Waals surface area contributed by atoms with Crippen molar-refractivity contribution in [3.63, 3.8) is 0 Å². The third-order valence-electron chi connectivity index (χ3n) is 3.88. The monoisotopic (exact) mass is 374 g/mol. The van der Waals surface area contributed by atoms with Crippen LogP contribution in [-0.2, 0) is 10.0 Å². The van der Waals surface area contributed by atoms with Gasteiger partial charge in [-0.1, -0.05) is 26.0 Å². The highest BCUT2D eigenvalue weighted by atomic mass is 32.2. The van der Waals surface area contributed by atoms with E-state index in [-0.39, 0.29) is 10.8 Å². The predicted octanol–water partition coefficient (Wildman–Crippen LogP) is 3.80. The first kappa shape index (κ1) is 20.0. The second kappa shape index (κ2) is 7.91. The van der Waals surface area contributed by atoms with Crippen molar-refractivity contribution < 1.29 is 13.2 Å². The topological polar surface area (TPSA) is 75.3 Å². The molecule has 0 unspecified atom stereocenters. The molecular weight excluding hydrogens is 348 g/mol. The minimum atomic E-state index is -3.79. The molecule has 26 heavy (non-hydrogen) atoms. The van der Waals surface area contributed by atoms with Crippen LogP contribution in [0, 0.1) is 26.7 Å². The van der Waals surface area contributed by atoms with Crippen molar-refractivity contribution in [1.82, 2.24) is 5.32 Å². The van der Waals surface area contributed by atoms with Gasteiger partial charge in [0.15, 0.2) is 0 Å². The van der Waals surface area contributed by atoms with Gasteiger partial charge in [0.05, 0.1) is 4.90 Å². The van der Waals surface area contributed by atoms with Gasteiger partial charge in [0, 0.05) is 17.8 Å². The van der Waals surface area contributed by atoms with Gasteiger partial charge in [-0.05, 0) is 67.6 Å². The molecule has 2 rings (SSSR count). The van der Waals surface area contributed by atoms with E-state index in [2.05, 4.69) is 10.0 Å². The number of sulfonamides is 1. The van der Waals surface area contributed by atoms with Gasteiger partial charge < -0.3 is 5.32 Å². The second-order valence-electron chi connectivity index (χ2n) is 7.07. The highest BCUT2D eigenvalue weighted by Gasteiger charge is 2.19. The minimum Gasteiger partial charge on any atom is -0.352 e. The molecule has 0 aromatic heterocycles. The zero-order valence-electron chi connectivity index (χ0n) is 15.9. The van der Waals surface area contributed by atoms with Crippen LogP contribution < -0.4 is 10.0 Å². The summed E-state index contributed by atoms with van der Waals surface area (Å²) >= 11 is 0. The van der Waals surface area contributed by atoms with Crippen LogP contribution in [0.4, 0.5) is 5.69 Å². The number of hydrogen-bond donors (Lipinski definition) is 2. The van der Waals surface area contributed by atoms with Crippen LogP contribution in [0.5, 0.6) is 0 Å². The first-order valence-corrected chi connectivity index (χ1v) is 10.1. The first-order valence-electron chi connectivity index (χ1n) is 8.58. The molecule has 6 heteroatoms. The van der Waals surface area contributed by atoms with Crippen LogP contribution >= 0.6 is 0 Å². The van der Waals surface area contributed by atoms with Crippen molar-refractivity contribution in [3.8, 4) is 0 Å². The molecule has 0 heterocycles. The molecule has 0 saturated heterocycles. The molecule has 0 fully saturated rings. The molecule has 0 bridgehead atoms. The Bertz CT molecular complexity index is 898. The summed E-state index contributed by atoms with van der Waals surface area (Å²) in [7, 11) is -3.79. The molecule has 2 aromatic carbocycles. The van der Waals surface area contributed by atoms with Crippen molar-refractivity contribution in [1.29, 1.82) is 0 Å². The molecule has 0 spiro atoms. The van der Waals surface area contributed by atoms with Crippen LogP contribution in [0.25, 0.3) is 0 Å². The van der Waals surface area contributed by atoms with Crippen LogP contribution in [0.2, 0.25) is 0 Å². The van der Waals surface area contributed by atoms with Gasteiger partial charge in [-0.25, -0.2) is 8.42 Å². The smallest absolute Gasteiger partial charge is 0.262 e. The predicted molar refractivity (Wildman–Crippen MR) is 105 cm³/mol. The van der Waals surface area contributed by atoms with E-state index in [1.54, 1.807) is 31.2 Å². The highest BCUT2D eigenvalue weighted by molar-refractivity contribution is 7.92. The van der Waals surface area contributed by atoms with Crippen molar-refractivity contribution >= 4 is 21.6 Å². The highest BCUT2D eigenvalue weighted by Crippen LogP contribution is 2.22. The Morgan fingerprint density at radius 1 is 1.00 bits per heavy atom. The molecule has 0 radical (unpaired) electrons. The minimum absolute atomic E-state index is 0.105. The third kappa shape index (κ3) is 5.08. The van der Waals surface area contributed by atoms with Crippen LogP contribution in [0.1, 0.15) is 40.9 Å². The molecule has 2 aromatic rings. The number of aryl methyl sites for hydroxylation is 3. The summed E-state index contributed by atoms with van der Waals surface area (Å²) in [4.78, 5) is 12.4. The van der Waals surface area contributed by atoms with E-state index >= 15 is 0 Å². The molecule has 0 atom stereocenters. The van der Waals surface area contributed by atoms with Crippen LogP contribution in [0.15, 0.2) is 41.3 Å². The van der Waals surface area contributed by atoms with E-state index in [1.807, 2.05) is 33.8 Å². The summed E-state index contributed by atoms with van der Waals surface area (Å²) in [5, 5.41) is 2.81. The fraction of sp³-hybridized carbons (Fsp3) is 0.350. The number of carbonyl (C=O) groups excluding carboxylic acids is 1. The van der Waals surface area contributed by atoms with E-state index in [0.717, 1.165) is 11.1 Å². The Hall–Kier alpha value is -2.34. The quantitative estimate of drug-likeness (QED) is 0.807. The Balaban J connectivity index is 2.33. The van der Waals surface area contributed by atoms with Gasteiger partial charge in [-0.2, -0.15) is 0 Å². The molecule has 1 amide bonds. The summed E-state index contributed by atoms with van der Waals surface area (Å²) in [6, 6.07) is 10.2. The summed E-state index contributed by atoms with van der Waals surface area (Å²) < 4.78 is 28.3. The molecule has 0 aliphatic carbocycles. The zero-order valence-corrected chi connectivity index (χ0v) is 16.7. The van der Waals surface area contributed by atoms with Crippen molar-refractivity contribution in [2.24, 2.45) is 5.92 Å². The first-order chi connectivity index (χ1) is 12.1. The maximum atomic E-state index is 12.8. The molecule has 140 valence electrons. The summed E-state index contributed by atoms with van der Waals surface area (Å²) in [5.41, 5.74) is 3.37. The molecule has 5 nitrogen and oxygen atoms in total. The van der Waals surface area contributed by atoms with Crippen molar-refractivity contribution in [3.05, 3.63) is 58.7 Å². The molecule has 0 aliphatic rings. The molecule has 0 aliphatic heterocycles. The number of carbonyl (C=O) groups is 1. The number of amides is 1. The average Bonchev–Trinajstić information content (AvgIpc) is 2.51. The van der Waals surface area contributed by atoms with Crippen LogP contribution in [-0.4, -0.2) is 20.9 Å². The number of nitrogens with one attached hydrogen (secondary N) is 2. The van der Waals surface area contributed by atoms with Gasteiger partial charge in [0.2, 0.25) is 0 Å². The van der Waals surface area contributed by atoms with E-state index in [9.17, 15) is 13.2 Å². The van der Waals surface area contributed by atoms with Gasteiger partial charge >= 0.3 is 0 Å². The van der Waals surface area contributed by atoms with Gasteiger partial charge in [0.25, 0.3) is 15.9 Å². The number of hydrogen-bond acceptors (Lipinski definition) is 3. The maximum Gasteiger partial charge on any atom is 0.262 e. The summed E-state index contributed by atoms with van der Waals surface area (Å²) in [6.45, 7) is 10.1. The van der Waals surface area contributed by atoms with Crippen molar-refractivity contribution in [2.45, 2.75) is 39.5 Å². The standard InChI is InChI=1S/C20H26N2O3S/c1-13(2)12-21-20(23)17-7-6-16(5)19(11-17)26(24,25)22-18-9-14(3)8-15(4)10-18/h6-11,13,22H,12H2,1-5H3,(H,21,23). The summed E-state index contributed by atoms with van der Waals surface area (Å²) in [6.07, 6.45) is 0. The zero-order chi connectivity index (χ0) is 19.5. The van der Waals surface area contributed by atoms with Gasteiger partial charge in [-0.15, -0.1) is 0 Å². The van der Waals surface area contributed by atoms with E-state index in [0.29, 0.717) is 29.3 Å². The largest absolute Gasteiger partial charge is 0.352 e. The SMILES string of the molecule is Cc1cc(C)cc(NS(=O)(=O)c2cc(C(=O)NCC(C)C)ccc2C)c1. The average molecular weight is 375 g/mol. The Morgan fingerprint density at radius 2 is 1.62 bits per heavy atom. The van der Waals surface area contributed by atoms with E-state index in [4.69, 9.17) is 0 Å². The van der Waals surface area contributed by atoms with E-state index in [1.165, 1.54) is 6.07 Å². The normalized spacial score (nSPS) is 11.5. The molecule has 0 saturated carbocycles. The fourth-order valence-corrected chi connectivity index (χ4v) is 3.99. The maximum absolute atomic E-state index is 12.8. The Morgan fingerprint density at radius 3 is 2.19 bits per heavy atom. The van der Waals surface area contributed by atoms with Gasteiger partial charge in [0.1, 0.15) is 0 Å². The van der Waals surface area contributed by atoms with Crippen LogP contribution in [0.3, 0.4) is 0 Å². The van der Waals surface area contributed by atoms with Gasteiger partial charge in [-0.3, -0.25) is 9.52 Å². The van der Waals surface area contributed by atoms with E-state index < -0.39 is 10.0 Å². The number of anilines is 1.